The standard InChI is InChI=1S/C12H18N2S/c1-5-9-6-7-10(12(2,3)4)8-11(9)14-15-13/h5-8H,13H2,1-4H3/b9-5-,14-11-. The highest BCUT2D eigenvalue weighted by Gasteiger charge is 2.18. The number of rotatable bonds is 1. The molecule has 0 saturated heterocycles. The van der Waals surface area contributed by atoms with E-state index < -0.39 is 0 Å². The lowest BCUT2D eigenvalue weighted by Crippen LogP contribution is -2.13. The van der Waals surface area contributed by atoms with Gasteiger partial charge < -0.3 is 0 Å². The second-order valence-electron chi connectivity index (χ2n) is 4.51. The smallest absolute Gasteiger partial charge is 0.0799 e. The number of nitrogens with two attached hydrogens (primary N) is 1. The molecule has 0 aliphatic heterocycles. The lowest BCUT2D eigenvalue weighted by Gasteiger charge is -2.23. The number of nitrogens with zero attached hydrogens (tertiary/aromatic N) is 1. The molecule has 0 aromatic carbocycles. The van der Waals surface area contributed by atoms with Gasteiger partial charge in [-0.25, -0.2) is 0 Å². The highest BCUT2D eigenvalue weighted by atomic mass is 32.2. The highest BCUT2D eigenvalue weighted by Crippen LogP contribution is 2.30. The molecule has 0 heterocycles. The van der Waals surface area contributed by atoms with Crippen molar-refractivity contribution >= 4 is 17.8 Å². The Morgan fingerprint density at radius 3 is 2.47 bits per heavy atom. The predicted molar refractivity (Wildman–Crippen MR) is 69.6 cm³/mol. The van der Waals surface area contributed by atoms with Crippen LogP contribution in [-0.4, -0.2) is 5.71 Å². The fourth-order valence-electron chi connectivity index (χ4n) is 1.39. The van der Waals surface area contributed by atoms with Crippen molar-refractivity contribution in [1.82, 2.24) is 0 Å². The van der Waals surface area contributed by atoms with Crippen LogP contribution < -0.4 is 5.14 Å². The maximum absolute atomic E-state index is 5.38. The summed E-state index contributed by atoms with van der Waals surface area (Å²) < 4.78 is 4.21. The van der Waals surface area contributed by atoms with E-state index in [1.165, 1.54) is 5.57 Å². The minimum Gasteiger partial charge on any atom is -0.258 e. The van der Waals surface area contributed by atoms with Gasteiger partial charge in [0.15, 0.2) is 0 Å². The van der Waals surface area contributed by atoms with Crippen LogP contribution in [0.5, 0.6) is 0 Å². The molecule has 0 unspecified atom stereocenters. The number of allylic oxidation sites excluding steroid dienone is 6. The van der Waals surface area contributed by atoms with Gasteiger partial charge in [-0.3, -0.25) is 5.14 Å². The molecule has 0 spiro atoms. The molecule has 2 N–H and O–H groups in total. The van der Waals surface area contributed by atoms with Gasteiger partial charge in [0.2, 0.25) is 0 Å². The molecule has 15 heavy (non-hydrogen) atoms. The van der Waals surface area contributed by atoms with E-state index in [-0.39, 0.29) is 5.41 Å². The topological polar surface area (TPSA) is 38.4 Å². The third-order valence-electron chi connectivity index (χ3n) is 2.36. The molecule has 82 valence electrons. The van der Waals surface area contributed by atoms with E-state index in [1.54, 1.807) is 0 Å². The molecule has 3 heteroatoms. The third-order valence-corrected chi connectivity index (χ3v) is 2.66. The van der Waals surface area contributed by atoms with Gasteiger partial charge in [0, 0.05) is 0 Å². The van der Waals surface area contributed by atoms with Crippen LogP contribution in [0, 0.1) is 5.41 Å². The van der Waals surface area contributed by atoms with E-state index in [4.69, 9.17) is 5.14 Å². The normalized spacial score (nSPS) is 22.3. The Balaban J connectivity index is 3.09. The summed E-state index contributed by atoms with van der Waals surface area (Å²) in [7, 11) is 0. The molecule has 0 aromatic rings. The maximum Gasteiger partial charge on any atom is 0.0799 e. The summed E-state index contributed by atoms with van der Waals surface area (Å²) in [5.74, 6) is 0. The van der Waals surface area contributed by atoms with Crippen LogP contribution in [0.15, 0.2) is 39.8 Å². The van der Waals surface area contributed by atoms with Crippen molar-refractivity contribution in [3.05, 3.63) is 35.5 Å². The fraction of sp³-hybridized carbons (Fsp3) is 0.417. The zero-order valence-electron chi connectivity index (χ0n) is 9.74. The van der Waals surface area contributed by atoms with Crippen LogP contribution in [-0.2, 0) is 0 Å². The Morgan fingerprint density at radius 1 is 1.33 bits per heavy atom. The zero-order valence-corrected chi connectivity index (χ0v) is 10.6. The van der Waals surface area contributed by atoms with Gasteiger partial charge in [-0.1, -0.05) is 39.0 Å². The van der Waals surface area contributed by atoms with E-state index in [1.807, 2.05) is 13.0 Å². The molecule has 0 fully saturated rings. The summed E-state index contributed by atoms with van der Waals surface area (Å²) in [4.78, 5) is 0. The van der Waals surface area contributed by atoms with Gasteiger partial charge in [0.1, 0.15) is 0 Å². The van der Waals surface area contributed by atoms with E-state index in [2.05, 4.69) is 43.4 Å². The Hall–Kier alpha value is -0.800. The van der Waals surface area contributed by atoms with Crippen molar-refractivity contribution in [3.8, 4) is 0 Å². The van der Waals surface area contributed by atoms with Crippen LogP contribution >= 0.6 is 12.1 Å². The van der Waals surface area contributed by atoms with E-state index in [9.17, 15) is 0 Å². The Labute approximate surface area is 96.3 Å². The predicted octanol–water partition coefficient (Wildman–Crippen LogP) is 3.44. The first-order valence-corrected chi connectivity index (χ1v) is 5.83. The molecule has 1 aliphatic carbocycles. The Kier molecular flexibility index (Phi) is 3.94. The Bertz CT molecular complexity index is 354. The van der Waals surface area contributed by atoms with E-state index in [0.29, 0.717) is 0 Å². The average molecular weight is 222 g/mol. The lowest BCUT2D eigenvalue weighted by atomic mass is 9.82. The van der Waals surface area contributed by atoms with Gasteiger partial charge in [-0.05, 0) is 29.6 Å². The molecular weight excluding hydrogens is 204 g/mol. The number of hydrogen-bond donors (Lipinski definition) is 1. The average Bonchev–Trinajstić information content (AvgIpc) is 2.17. The molecule has 0 radical (unpaired) electrons. The summed E-state index contributed by atoms with van der Waals surface area (Å²) in [6, 6.07) is 0. The van der Waals surface area contributed by atoms with Gasteiger partial charge in [0.05, 0.1) is 17.8 Å². The number of hydrogen-bond acceptors (Lipinski definition) is 3. The summed E-state index contributed by atoms with van der Waals surface area (Å²) in [6.45, 7) is 8.58. The van der Waals surface area contributed by atoms with E-state index >= 15 is 0 Å². The van der Waals surface area contributed by atoms with Crippen molar-refractivity contribution in [3.63, 3.8) is 0 Å². The van der Waals surface area contributed by atoms with Gasteiger partial charge in [-0.15, -0.1) is 0 Å². The molecule has 0 amide bonds. The summed E-state index contributed by atoms with van der Waals surface area (Å²) in [6.07, 6.45) is 8.39. The third kappa shape index (κ3) is 3.08. The fourth-order valence-corrected chi connectivity index (χ4v) is 1.66. The van der Waals surface area contributed by atoms with Gasteiger partial charge in [-0.2, -0.15) is 4.40 Å². The second kappa shape index (κ2) is 4.81. The van der Waals surface area contributed by atoms with Gasteiger partial charge >= 0.3 is 0 Å². The van der Waals surface area contributed by atoms with Crippen LogP contribution in [0.4, 0.5) is 0 Å². The minimum atomic E-state index is 0.149. The minimum absolute atomic E-state index is 0.149. The summed E-state index contributed by atoms with van der Waals surface area (Å²) in [5.41, 5.74) is 3.51. The Morgan fingerprint density at radius 2 is 2.00 bits per heavy atom. The molecule has 2 nitrogen and oxygen atoms in total. The van der Waals surface area contributed by atoms with Crippen LogP contribution in [0.3, 0.4) is 0 Å². The molecule has 1 aliphatic rings. The highest BCUT2D eigenvalue weighted by molar-refractivity contribution is 7.95. The maximum atomic E-state index is 5.38. The monoisotopic (exact) mass is 222 g/mol. The quantitative estimate of drug-likeness (QED) is 0.690. The van der Waals surface area contributed by atoms with Crippen LogP contribution in [0.1, 0.15) is 27.7 Å². The molecular formula is C12H18N2S. The van der Waals surface area contributed by atoms with Crippen LogP contribution in [0.2, 0.25) is 0 Å². The molecule has 0 saturated carbocycles. The van der Waals surface area contributed by atoms with Crippen molar-refractivity contribution < 1.29 is 0 Å². The first-order chi connectivity index (χ1) is 6.99. The molecule has 0 bridgehead atoms. The van der Waals surface area contributed by atoms with Gasteiger partial charge in [0.25, 0.3) is 0 Å². The SMILES string of the molecule is C/C=C1/C=CC(C(C)(C)C)=C/C1=N/SN. The molecule has 0 atom stereocenters. The van der Waals surface area contributed by atoms with Crippen molar-refractivity contribution in [2.45, 2.75) is 27.7 Å². The first kappa shape index (κ1) is 12.3. The van der Waals surface area contributed by atoms with E-state index in [0.717, 1.165) is 23.4 Å². The van der Waals surface area contributed by atoms with Crippen molar-refractivity contribution in [2.24, 2.45) is 15.0 Å². The lowest BCUT2D eigenvalue weighted by molar-refractivity contribution is 0.517. The zero-order chi connectivity index (χ0) is 11.5. The largest absolute Gasteiger partial charge is 0.258 e. The summed E-state index contributed by atoms with van der Waals surface area (Å²) in [5, 5.41) is 5.38. The summed E-state index contributed by atoms with van der Waals surface area (Å²) >= 11 is 1.01. The van der Waals surface area contributed by atoms with Crippen molar-refractivity contribution in [1.29, 1.82) is 0 Å². The molecule has 1 rings (SSSR count). The van der Waals surface area contributed by atoms with Crippen molar-refractivity contribution in [2.75, 3.05) is 0 Å². The second-order valence-corrected chi connectivity index (χ2v) is 4.90. The molecule has 0 aromatic heterocycles. The van der Waals surface area contributed by atoms with Crippen LogP contribution in [0.25, 0.3) is 0 Å². The first-order valence-electron chi connectivity index (χ1n) is 5.00.